The summed E-state index contributed by atoms with van der Waals surface area (Å²) in [5.74, 6) is -1.26. The second-order valence-electron chi connectivity index (χ2n) is 11.7. The molecule has 2 N–H and O–H groups in total. The molecule has 0 bridgehead atoms. The van der Waals surface area contributed by atoms with Gasteiger partial charge >= 0.3 is 6.09 Å². The molecule has 216 valence electrons. The Hall–Kier alpha value is -3.31. The van der Waals surface area contributed by atoms with E-state index in [-0.39, 0.29) is 77.9 Å². The molecule has 5 rings (SSSR count). The Labute approximate surface area is 237 Å². The molecule has 2 amide bonds. The van der Waals surface area contributed by atoms with Gasteiger partial charge in [0.2, 0.25) is 0 Å². The van der Waals surface area contributed by atoms with Crippen LogP contribution in [0.1, 0.15) is 50.9 Å². The Morgan fingerprint density at radius 2 is 2.02 bits per heavy atom. The number of rotatable bonds is 3. The Kier molecular flexibility index (Phi) is 7.24. The molecule has 0 unspecified atom stereocenters. The molecule has 2 fully saturated rings. The molecule has 40 heavy (non-hydrogen) atoms. The van der Waals surface area contributed by atoms with Crippen LogP contribution in [0.15, 0.2) is 18.2 Å². The van der Waals surface area contributed by atoms with Gasteiger partial charge in [0.1, 0.15) is 45.9 Å². The summed E-state index contributed by atoms with van der Waals surface area (Å²) in [5.41, 5.74) is -1.57. The first-order valence-corrected chi connectivity index (χ1v) is 13.7. The lowest BCUT2D eigenvalue weighted by Crippen LogP contribution is -2.58. The second kappa shape index (κ2) is 10.3. The number of halogens is 2. The number of aliphatic hydroxyl groups is 1. The molecule has 1 aromatic carbocycles. The maximum absolute atomic E-state index is 15.0. The maximum atomic E-state index is 15.0. The molecule has 3 aliphatic rings. The number of amides is 2. The van der Waals surface area contributed by atoms with Gasteiger partial charge in [0.05, 0.1) is 23.8 Å². The quantitative estimate of drug-likeness (QED) is 0.562. The summed E-state index contributed by atoms with van der Waals surface area (Å²) in [6.07, 6.45) is 0.910. The van der Waals surface area contributed by atoms with Crippen molar-refractivity contribution in [3.63, 3.8) is 0 Å². The molecule has 2 atom stereocenters. The van der Waals surface area contributed by atoms with Crippen molar-refractivity contribution in [1.82, 2.24) is 14.8 Å². The number of aromatic nitrogens is 1. The zero-order valence-corrected chi connectivity index (χ0v) is 23.8. The summed E-state index contributed by atoms with van der Waals surface area (Å²) >= 11 is 6.79. The van der Waals surface area contributed by atoms with Crippen molar-refractivity contribution >= 4 is 29.4 Å². The van der Waals surface area contributed by atoms with E-state index in [1.54, 1.807) is 30.6 Å². The van der Waals surface area contributed by atoms with Gasteiger partial charge in [-0.25, -0.2) is 14.2 Å². The van der Waals surface area contributed by atoms with E-state index in [9.17, 15) is 19.8 Å². The van der Waals surface area contributed by atoms with Gasteiger partial charge < -0.3 is 34.4 Å². The SMILES string of the molecule is CC(C)(C)OC(=O)N1CCN2C(=O)c3c(N4CCC[C@@]4(C)CO)nc(-c4c(O)cccc4F)c(Cl)c3OC[C@H]2C1. The van der Waals surface area contributed by atoms with E-state index in [0.717, 1.165) is 6.42 Å². The highest BCUT2D eigenvalue weighted by molar-refractivity contribution is 6.35. The molecular weight excluding hydrogens is 543 g/mol. The Morgan fingerprint density at radius 3 is 2.70 bits per heavy atom. The number of ether oxygens (including phenoxy) is 2. The fourth-order valence-corrected chi connectivity index (χ4v) is 5.88. The molecule has 3 aliphatic heterocycles. The van der Waals surface area contributed by atoms with Crippen LogP contribution in [0.25, 0.3) is 11.3 Å². The molecular formula is C28H34ClFN4O6. The highest BCUT2D eigenvalue weighted by Crippen LogP contribution is 2.48. The van der Waals surface area contributed by atoms with E-state index in [1.165, 1.54) is 18.2 Å². The van der Waals surface area contributed by atoms with Gasteiger partial charge in [0.25, 0.3) is 5.91 Å². The lowest BCUT2D eigenvalue weighted by molar-refractivity contribution is 0.000952. The van der Waals surface area contributed by atoms with Gasteiger partial charge in [-0.1, -0.05) is 17.7 Å². The van der Waals surface area contributed by atoms with E-state index >= 15 is 4.39 Å². The summed E-state index contributed by atoms with van der Waals surface area (Å²) < 4.78 is 26.7. The topological polar surface area (TPSA) is 116 Å². The summed E-state index contributed by atoms with van der Waals surface area (Å²) in [4.78, 5) is 36.7. The summed E-state index contributed by atoms with van der Waals surface area (Å²) in [5, 5.41) is 20.7. The number of aliphatic hydroxyl groups excluding tert-OH is 1. The van der Waals surface area contributed by atoms with Crippen molar-refractivity contribution in [1.29, 1.82) is 0 Å². The Balaban J connectivity index is 1.62. The largest absolute Gasteiger partial charge is 0.507 e. The van der Waals surface area contributed by atoms with Crippen LogP contribution >= 0.6 is 11.6 Å². The predicted molar refractivity (Wildman–Crippen MR) is 147 cm³/mol. The smallest absolute Gasteiger partial charge is 0.410 e. The molecule has 10 nitrogen and oxygen atoms in total. The van der Waals surface area contributed by atoms with E-state index < -0.39 is 29.1 Å². The van der Waals surface area contributed by atoms with Gasteiger partial charge in [-0.2, -0.15) is 0 Å². The lowest BCUT2D eigenvalue weighted by atomic mass is 9.99. The fraction of sp³-hybridized carbons (Fsp3) is 0.536. The van der Waals surface area contributed by atoms with Crippen LogP contribution in [0.2, 0.25) is 5.02 Å². The van der Waals surface area contributed by atoms with Crippen molar-refractivity contribution < 1.29 is 33.7 Å². The van der Waals surface area contributed by atoms with Crippen LogP contribution in [0.4, 0.5) is 15.0 Å². The van der Waals surface area contributed by atoms with Crippen LogP contribution in [0, 0.1) is 5.82 Å². The number of hydrogen-bond donors (Lipinski definition) is 2. The molecule has 0 spiro atoms. The van der Waals surface area contributed by atoms with Crippen LogP contribution in [-0.2, 0) is 4.74 Å². The van der Waals surface area contributed by atoms with Crippen LogP contribution in [-0.4, -0.2) is 93.6 Å². The average Bonchev–Trinajstić information content (AvgIpc) is 3.21. The van der Waals surface area contributed by atoms with Crippen molar-refractivity contribution in [2.24, 2.45) is 0 Å². The van der Waals surface area contributed by atoms with E-state index in [0.29, 0.717) is 13.0 Å². The van der Waals surface area contributed by atoms with Crippen LogP contribution < -0.4 is 9.64 Å². The maximum Gasteiger partial charge on any atom is 0.410 e. The fourth-order valence-electron chi connectivity index (χ4n) is 5.60. The predicted octanol–water partition coefficient (Wildman–Crippen LogP) is 4.05. The Morgan fingerprint density at radius 1 is 1.27 bits per heavy atom. The van der Waals surface area contributed by atoms with Crippen LogP contribution in [0.3, 0.4) is 0 Å². The minimum Gasteiger partial charge on any atom is -0.507 e. The van der Waals surface area contributed by atoms with Gasteiger partial charge in [-0.05, 0) is 52.7 Å². The number of benzene rings is 1. The van der Waals surface area contributed by atoms with Crippen molar-refractivity contribution in [3.8, 4) is 22.8 Å². The molecule has 2 aromatic rings. The molecule has 12 heteroatoms. The van der Waals surface area contributed by atoms with Crippen molar-refractivity contribution in [2.75, 3.05) is 44.3 Å². The number of aromatic hydroxyl groups is 1. The standard InChI is InChI=1S/C28H34ClFN4O6/c1-27(2,3)40-26(38)32-11-12-33-16(13-32)14-39-23-20(25(33)37)24(34-10-6-9-28(34,4)15-35)31-22(21(23)29)19-17(30)7-5-8-18(19)36/h5,7-8,16,35-36H,6,9-15H2,1-4H3/t16-,28+/m1/s1. The Bertz CT molecular complexity index is 1330. The third-order valence-electron chi connectivity index (χ3n) is 7.68. The van der Waals surface area contributed by atoms with Gasteiger partial charge in [-0.15, -0.1) is 0 Å². The minimum absolute atomic E-state index is 0.0151. The van der Waals surface area contributed by atoms with Gasteiger partial charge in [0.15, 0.2) is 5.75 Å². The summed E-state index contributed by atoms with van der Waals surface area (Å²) in [7, 11) is 0. The van der Waals surface area contributed by atoms with Crippen LogP contribution in [0.5, 0.6) is 11.5 Å². The normalized spacial score (nSPS) is 22.9. The first-order chi connectivity index (χ1) is 18.8. The van der Waals surface area contributed by atoms with E-state index in [4.69, 9.17) is 21.1 Å². The summed E-state index contributed by atoms with van der Waals surface area (Å²) in [6.45, 7) is 8.23. The van der Waals surface area contributed by atoms with E-state index in [1.807, 2.05) is 11.8 Å². The minimum atomic E-state index is -0.739. The number of phenols is 1. The molecule has 0 saturated carbocycles. The highest BCUT2D eigenvalue weighted by Gasteiger charge is 2.45. The number of pyridine rings is 1. The van der Waals surface area contributed by atoms with Crippen molar-refractivity contribution in [3.05, 3.63) is 34.6 Å². The number of phenolic OH excluding ortho intramolecular Hbond substituents is 1. The molecule has 1 aromatic heterocycles. The highest BCUT2D eigenvalue weighted by atomic mass is 35.5. The number of nitrogens with zero attached hydrogens (tertiary/aromatic N) is 4. The zero-order chi connectivity index (χ0) is 29.0. The number of piperazine rings is 1. The second-order valence-corrected chi connectivity index (χ2v) is 12.1. The number of hydrogen-bond acceptors (Lipinski definition) is 8. The average molecular weight is 577 g/mol. The third kappa shape index (κ3) is 4.89. The summed E-state index contributed by atoms with van der Waals surface area (Å²) in [6, 6.07) is 3.37. The number of carbonyl (C=O) groups excluding carboxylic acids is 2. The molecule has 0 aliphatic carbocycles. The van der Waals surface area contributed by atoms with Gasteiger partial charge in [0, 0.05) is 26.2 Å². The molecule has 4 heterocycles. The lowest BCUT2D eigenvalue weighted by Gasteiger charge is -2.40. The van der Waals surface area contributed by atoms with E-state index in [2.05, 4.69) is 4.98 Å². The zero-order valence-electron chi connectivity index (χ0n) is 23.0. The number of fused-ring (bicyclic) bond motifs is 2. The van der Waals surface area contributed by atoms with Gasteiger partial charge in [-0.3, -0.25) is 4.79 Å². The first-order valence-electron chi connectivity index (χ1n) is 13.4. The molecule has 0 radical (unpaired) electrons. The first kappa shape index (κ1) is 28.2. The monoisotopic (exact) mass is 576 g/mol. The number of anilines is 1. The number of carbonyl (C=O) groups is 2. The third-order valence-corrected chi connectivity index (χ3v) is 8.03. The molecule has 2 saturated heterocycles. The van der Waals surface area contributed by atoms with Crippen molar-refractivity contribution in [2.45, 2.75) is 57.7 Å².